The molecule has 0 aliphatic rings. The second-order valence-electron chi connectivity index (χ2n) is 3.48. The molecule has 0 spiro atoms. The van der Waals surface area contributed by atoms with Crippen LogP contribution in [0.1, 0.15) is 33.1 Å². The number of hydrogen-bond donors (Lipinski definition) is 1. The van der Waals surface area contributed by atoms with Gasteiger partial charge in [-0.2, -0.15) is 0 Å². The first kappa shape index (κ1) is 13.8. The molecule has 1 atom stereocenters. The Morgan fingerprint density at radius 1 is 1.57 bits per heavy atom. The topological polar surface area (TPSA) is 46.5 Å². The summed E-state index contributed by atoms with van der Waals surface area (Å²) in [5.74, 6) is 0.166. The average Bonchev–Trinajstić information content (AvgIpc) is 2.15. The number of rotatable bonds is 8. The number of methoxy groups -OCH3 is 1. The summed E-state index contributed by atoms with van der Waals surface area (Å²) in [6.07, 6.45) is 2.74. The van der Waals surface area contributed by atoms with Gasteiger partial charge in [0.2, 0.25) is 0 Å². The van der Waals surface area contributed by atoms with Crippen molar-refractivity contribution in [3.8, 4) is 0 Å². The minimum absolute atomic E-state index is 0.502. The second kappa shape index (κ2) is 7.12. The monoisotopic (exact) mass is 220 g/mol. The molecule has 0 rings (SSSR count). The molecule has 0 bridgehead atoms. The Labute approximate surface area is 90.2 Å². The van der Waals surface area contributed by atoms with Crippen molar-refractivity contribution in [3.63, 3.8) is 0 Å². The van der Waals surface area contributed by atoms with Crippen LogP contribution in [0.3, 0.4) is 0 Å². The molecule has 0 aliphatic heterocycles. The van der Waals surface area contributed by atoms with Crippen LogP contribution in [0.25, 0.3) is 0 Å². The molecule has 0 heterocycles. The van der Waals surface area contributed by atoms with Crippen LogP contribution in [-0.4, -0.2) is 35.3 Å². The summed E-state index contributed by atoms with van der Waals surface area (Å²) in [6.45, 7) is 4.38. The molecular formula is C10H20O3S. The number of hydrogen-bond acceptors (Lipinski definition) is 3. The molecule has 0 saturated heterocycles. The SMILES string of the molecule is CCCCSC(C)(CCOC)C(=O)O. The lowest BCUT2D eigenvalue weighted by molar-refractivity contribution is -0.139. The van der Waals surface area contributed by atoms with Gasteiger partial charge in [0.15, 0.2) is 0 Å². The molecule has 0 aliphatic carbocycles. The van der Waals surface area contributed by atoms with Gasteiger partial charge in [0.05, 0.1) is 0 Å². The third kappa shape index (κ3) is 4.86. The fourth-order valence-corrected chi connectivity index (χ4v) is 2.21. The van der Waals surface area contributed by atoms with Crippen LogP contribution in [0.15, 0.2) is 0 Å². The largest absolute Gasteiger partial charge is 0.480 e. The van der Waals surface area contributed by atoms with Crippen molar-refractivity contribution >= 4 is 17.7 Å². The van der Waals surface area contributed by atoms with Gasteiger partial charge in [-0.25, -0.2) is 0 Å². The number of carbonyl (C=O) groups is 1. The number of aliphatic carboxylic acids is 1. The minimum atomic E-state index is -0.740. The molecule has 14 heavy (non-hydrogen) atoms. The van der Waals surface area contributed by atoms with Crippen LogP contribution < -0.4 is 0 Å². The highest BCUT2D eigenvalue weighted by Crippen LogP contribution is 2.29. The Bertz CT molecular complexity index is 173. The minimum Gasteiger partial charge on any atom is -0.480 e. The van der Waals surface area contributed by atoms with Crippen LogP contribution >= 0.6 is 11.8 Å². The molecule has 0 amide bonds. The third-order valence-electron chi connectivity index (χ3n) is 2.15. The van der Waals surface area contributed by atoms with E-state index in [0.717, 1.165) is 18.6 Å². The number of carboxylic acids is 1. The predicted octanol–water partition coefficient (Wildman–Crippen LogP) is 2.40. The van der Waals surface area contributed by atoms with Crippen molar-refractivity contribution in [2.45, 2.75) is 37.9 Å². The molecule has 0 radical (unpaired) electrons. The van der Waals surface area contributed by atoms with E-state index in [2.05, 4.69) is 6.92 Å². The lowest BCUT2D eigenvalue weighted by atomic mass is 10.1. The van der Waals surface area contributed by atoms with Gasteiger partial charge in [0, 0.05) is 13.7 Å². The van der Waals surface area contributed by atoms with E-state index in [9.17, 15) is 4.79 Å². The Morgan fingerprint density at radius 3 is 2.64 bits per heavy atom. The van der Waals surface area contributed by atoms with Gasteiger partial charge >= 0.3 is 5.97 Å². The first-order chi connectivity index (χ1) is 6.56. The second-order valence-corrected chi connectivity index (χ2v) is 5.08. The summed E-state index contributed by atoms with van der Waals surface area (Å²) in [7, 11) is 1.60. The zero-order valence-electron chi connectivity index (χ0n) is 9.21. The normalized spacial score (nSPS) is 15.1. The van der Waals surface area contributed by atoms with Gasteiger partial charge in [0.1, 0.15) is 4.75 Å². The van der Waals surface area contributed by atoms with Crippen molar-refractivity contribution in [2.24, 2.45) is 0 Å². The maximum Gasteiger partial charge on any atom is 0.319 e. The van der Waals surface area contributed by atoms with Crippen molar-refractivity contribution < 1.29 is 14.6 Å². The van der Waals surface area contributed by atoms with Gasteiger partial charge in [-0.3, -0.25) is 4.79 Å². The van der Waals surface area contributed by atoms with E-state index in [-0.39, 0.29) is 0 Å². The number of ether oxygens (including phenoxy) is 1. The summed E-state index contributed by atoms with van der Waals surface area (Å²) in [4.78, 5) is 11.0. The van der Waals surface area contributed by atoms with Crippen molar-refractivity contribution in [1.82, 2.24) is 0 Å². The Balaban J connectivity index is 4.03. The molecule has 84 valence electrons. The Morgan fingerprint density at radius 2 is 2.21 bits per heavy atom. The lowest BCUT2D eigenvalue weighted by Crippen LogP contribution is -2.33. The van der Waals surface area contributed by atoms with E-state index in [1.54, 1.807) is 14.0 Å². The van der Waals surface area contributed by atoms with Crippen molar-refractivity contribution in [3.05, 3.63) is 0 Å². The zero-order chi connectivity index (χ0) is 11.0. The maximum absolute atomic E-state index is 11.0. The zero-order valence-corrected chi connectivity index (χ0v) is 10.0. The van der Waals surface area contributed by atoms with Gasteiger partial charge < -0.3 is 9.84 Å². The average molecular weight is 220 g/mol. The smallest absolute Gasteiger partial charge is 0.319 e. The lowest BCUT2D eigenvalue weighted by Gasteiger charge is -2.23. The van der Waals surface area contributed by atoms with E-state index >= 15 is 0 Å². The standard InChI is InChI=1S/C10H20O3S/c1-4-5-8-14-10(2,9(11)12)6-7-13-3/h4-8H2,1-3H3,(H,11,12). The van der Waals surface area contributed by atoms with Crippen LogP contribution in [0.5, 0.6) is 0 Å². The van der Waals surface area contributed by atoms with Crippen molar-refractivity contribution in [1.29, 1.82) is 0 Å². The molecule has 1 N–H and O–H groups in total. The van der Waals surface area contributed by atoms with E-state index in [4.69, 9.17) is 9.84 Å². The van der Waals surface area contributed by atoms with Crippen LogP contribution in [0, 0.1) is 0 Å². The molecule has 0 fully saturated rings. The van der Waals surface area contributed by atoms with Crippen LogP contribution in [0.4, 0.5) is 0 Å². The fourth-order valence-electron chi connectivity index (χ4n) is 0.979. The highest BCUT2D eigenvalue weighted by molar-refractivity contribution is 8.01. The Hall–Kier alpha value is -0.220. The summed E-state index contributed by atoms with van der Waals surface area (Å²) < 4.78 is 4.23. The number of carboxylic acid groups (broad SMARTS) is 1. The molecule has 0 aromatic heterocycles. The molecular weight excluding hydrogens is 200 g/mol. The van der Waals surface area contributed by atoms with E-state index in [0.29, 0.717) is 13.0 Å². The van der Waals surface area contributed by atoms with Gasteiger partial charge in [-0.05, 0) is 25.5 Å². The van der Waals surface area contributed by atoms with Gasteiger partial charge in [0.25, 0.3) is 0 Å². The van der Waals surface area contributed by atoms with E-state index in [1.165, 1.54) is 11.8 Å². The summed E-state index contributed by atoms with van der Waals surface area (Å²) in [5.41, 5.74) is 0. The van der Waals surface area contributed by atoms with E-state index in [1.807, 2.05) is 0 Å². The Kier molecular flexibility index (Phi) is 7.01. The molecule has 3 nitrogen and oxygen atoms in total. The first-order valence-electron chi connectivity index (χ1n) is 4.93. The quantitative estimate of drug-likeness (QED) is 0.638. The summed E-state index contributed by atoms with van der Waals surface area (Å²) in [5, 5.41) is 9.08. The fraction of sp³-hybridized carbons (Fsp3) is 0.900. The number of unbranched alkanes of at least 4 members (excludes halogenated alkanes) is 1. The van der Waals surface area contributed by atoms with Crippen LogP contribution in [-0.2, 0) is 9.53 Å². The van der Waals surface area contributed by atoms with Crippen molar-refractivity contribution in [2.75, 3.05) is 19.5 Å². The molecule has 1 unspecified atom stereocenters. The first-order valence-corrected chi connectivity index (χ1v) is 5.91. The third-order valence-corrected chi connectivity index (χ3v) is 3.66. The molecule has 0 aromatic carbocycles. The summed E-state index contributed by atoms with van der Waals surface area (Å²) in [6, 6.07) is 0. The highest BCUT2D eigenvalue weighted by atomic mass is 32.2. The highest BCUT2D eigenvalue weighted by Gasteiger charge is 2.32. The predicted molar refractivity (Wildman–Crippen MR) is 59.9 cm³/mol. The van der Waals surface area contributed by atoms with Gasteiger partial charge in [-0.15, -0.1) is 11.8 Å². The van der Waals surface area contributed by atoms with E-state index < -0.39 is 10.7 Å². The van der Waals surface area contributed by atoms with Crippen LogP contribution in [0.2, 0.25) is 0 Å². The molecule has 4 heteroatoms. The molecule has 0 saturated carbocycles. The summed E-state index contributed by atoms with van der Waals surface area (Å²) >= 11 is 1.52. The number of thioether (sulfide) groups is 1. The van der Waals surface area contributed by atoms with Gasteiger partial charge in [-0.1, -0.05) is 13.3 Å². The maximum atomic E-state index is 11.0. The molecule has 0 aromatic rings.